The minimum atomic E-state index is 0.252. The predicted molar refractivity (Wildman–Crippen MR) is 74.2 cm³/mol. The van der Waals surface area contributed by atoms with E-state index in [9.17, 15) is 4.79 Å². The molecule has 2 N–H and O–H groups in total. The number of hydrogen-bond acceptors (Lipinski definition) is 2. The molecule has 0 radical (unpaired) electrons. The number of nitrogens with two attached hydrogens (primary N) is 1. The van der Waals surface area contributed by atoms with Gasteiger partial charge in [-0.15, -0.1) is 0 Å². The van der Waals surface area contributed by atoms with Gasteiger partial charge in [-0.3, -0.25) is 4.79 Å². The molecule has 0 aromatic carbocycles. The third kappa shape index (κ3) is 2.71. The van der Waals surface area contributed by atoms with Crippen LogP contribution in [0.3, 0.4) is 0 Å². The quantitative estimate of drug-likeness (QED) is 0.817. The van der Waals surface area contributed by atoms with Gasteiger partial charge < -0.3 is 10.6 Å². The Balaban J connectivity index is 2.00. The van der Waals surface area contributed by atoms with Crippen LogP contribution >= 0.6 is 0 Å². The zero-order chi connectivity index (χ0) is 13.1. The molecule has 0 aromatic heterocycles. The van der Waals surface area contributed by atoms with E-state index in [4.69, 9.17) is 5.73 Å². The van der Waals surface area contributed by atoms with Crippen LogP contribution < -0.4 is 5.73 Å². The fraction of sp³-hybridized carbons (Fsp3) is 0.933. The van der Waals surface area contributed by atoms with Crippen molar-refractivity contribution in [1.82, 2.24) is 4.90 Å². The van der Waals surface area contributed by atoms with Crippen LogP contribution in [0.5, 0.6) is 0 Å². The van der Waals surface area contributed by atoms with Crippen LogP contribution in [-0.4, -0.2) is 28.9 Å². The van der Waals surface area contributed by atoms with Crippen LogP contribution in [-0.2, 0) is 4.79 Å². The monoisotopic (exact) mass is 252 g/mol. The Labute approximate surface area is 111 Å². The summed E-state index contributed by atoms with van der Waals surface area (Å²) < 4.78 is 0. The molecule has 2 saturated heterocycles. The molecule has 3 heteroatoms. The van der Waals surface area contributed by atoms with Crippen LogP contribution in [0.25, 0.3) is 0 Å². The van der Waals surface area contributed by atoms with Gasteiger partial charge in [-0.25, -0.2) is 0 Å². The minimum Gasteiger partial charge on any atom is -0.336 e. The topological polar surface area (TPSA) is 46.3 Å². The van der Waals surface area contributed by atoms with Crippen molar-refractivity contribution < 1.29 is 4.79 Å². The molecule has 2 fully saturated rings. The summed E-state index contributed by atoms with van der Waals surface area (Å²) in [5, 5.41) is 0. The Morgan fingerprint density at radius 2 is 1.89 bits per heavy atom. The van der Waals surface area contributed by atoms with Gasteiger partial charge in [0.25, 0.3) is 0 Å². The molecule has 2 heterocycles. The first kappa shape index (κ1) is 13.9. The van der Waals surface area contributed by atoms with E-state index in [1.54, 1.807) is 0 Å². The highest BCUT2D eigenvalue weighted by Crippen LogP contribution is 2.36. The molecule has 0 spiro atoms. The highest BCUT2D eigenvalue weighted by Gasteiger charge is 2.43. The molecule has 18 heavy (non-hydrogen) atoms. The number of nitrogens with zero attached hydrogens (tertiary/aromatic N) is 1. The third-order valence-electron chi connectivity index (χ3n) is 4.77. The molecule has 0 aromatic rings. The molecule has 1 amide bonds. The number of piperidine rings is 1. The Morgan fingerprint density at radius 3 is 2.39 bits per heavy atom. The first-order valence-corrected chi connectivity index (χ1v) is 7.75. The minimum absolute atomic E-state index is 0.252. The molecule has 3 nitrogen and oxygen atoms in total. The number of amides is 1. The van der Waals surface area contributed by atoms with Crippen molar-refractivity contribution in [2.75, 3.05) is 0 Å². The van der Waals surface area contributed by atoms with Crippen LogP contribution in [0.2, 0.25) is 0 Å². The highest BCUT2D eigenvalue weighted by atomic mass is 16.2. The fourth-order valence-corrected chi connectivity index (χ4v) is 3.74. The smallest absolute Gasteiger partial charge is 0.226 e. The Kier molecular flexibility index (Phi) is 4.66. The predicted octanol–water partition coefficient (Wildman–Crippen LogP) is 2.68. The lowest BCUT2D eigenvalue weighted by atomic mass is 9.92. The zero-order valence-corrected chi connectivity index (χ0v) is 11.9. The van der Waals surface area contributed by atoms with Gasteiger partial charge in [-0.1, -0.05) is 26.7 Å². The summed E-state index contributed by atoms with van der Waals surface area (Å²) in [5.41, 5.74) is 6.07. The average molecular weight is 252 g/mol. The zero-order valence-electron chi connectivity index (χ0n) is 11.9. The fourth-order valence-electron chi connectivity index (χ4n) is 3.74. The van der Waals surface area contributed by atoms with Gasteiger partial charge in [-0.2, -0.15) is 0 Å². The van der Waals surface area contributed by atoms with Gasteiger partial charge >= 0.3 is 0 Å². The van der Waals surface area contributed by atoms with Gasteiger partial charge in [0.1, 0.15) is 0 Å². The lowest BCUT2D eigenvalue weighted by molar-refractivity contribution is -0.140. The molecular weight excluding hydrogens is 224 g/mol. The van der Waals surface area contributed by atoms with Crippen LogP contribution in [0.4, 0.5) is 0 Å². The number of carbonyl (C=O) groups is 1. The largest absolute Gasteiger partial charge is 0.336 e. The second-order valence-corrected chi connectivity index (χ2v) is 6.11. The molecule has 3 unspecified atom stereocenters. The first-order chi connectivity index (χ1) is 8.67. The lowest BCUT2D eigenvalue weighted by Gasteiger charge is -2.39. The molecule has 104 valence electrons. The van der Waals surface area contributed by atoms with Crippen LogP contribution in [0.15, 0.2) is 0 Å². The average Bonchev–Trinajstić information content (AvgIpc) is 2.62. The lowest BCUT2D eigenvalue weighted by Crippen LogP contribution is -2.51. The van der Waals surface area contributed by atoms with Crippen molar-refractivity contribution in [2.45, 2.75) is 83.3 Å². The van der Waals surface area contributed by atoms with Gasteiger partial charge in [0.05, 0.1) is 0 Å². The van der Waals surface area contributed by atoms with E-state index in [1.165, 1.54) is 25.7 Å². The van der Waals surface area contributed by atoms with Crippen molar-refractivity contribution in [3.05, 3.63) is 0 Å². The van der Waals surface area contributed by atoms with Gasteiger partial charge in [0.15, 0.2) is 0 Å². The van der Waals surface area contributed by atoms with Crippen molar-refractivity contribution in [3.63, 3.8) is 0 Å². The van der Waals surface area contributed by atoms with E-state index in [2.05, 4.69) is 18.7 Å². The number of rotatable bonds is 5. The normalized spacial score (nSPS) is 32.6. The maximum Gasteiger partial charge on any atom is 0.226 e. The van der Waals surface area contributed by atoms with E-state index in [0.717, 1.165) is 25.7 Å². The van der Waals surface area contributed by atoms with E-state index < -0.39 is 0 Å². The third-order valence-corrected chi connectivity index (χ3v) is 4.77. The molecule has 3 atom stereocenters. The van der Waals surface area contributed by atoms with Gasteiger partial charge in [0.2, 0.25) is 5.91 Å². The molecule has 2 aliphatic heterocycles. The molecule has 0 aliphatic carbocycles. The van der Waals surface area contributed by atoms with Gasteiger partial charge in [-0.05, 0) is 38.5 Å². The van der Waals surface area contributed by atoms with E-state index >= 15 is 0 Å². The van der Waals surface area contributed by atoms with E-state index in [1.807, 2.05) is 0 Å². The summed E-state index contributed by atoms with van der Waals surface area (Å²) >= 11 is 0. The van der Waals surface area contributed by atoms with Crippen molar-refractivity contribution in [3.8, 4) is 0 Å². The summed E-state index contributed by atoms with van der Waals surface area (Å²) in [5.74, 6) is 0.674. The Bertz CT molecular complexity index is 278. The number of fused-ring (bicyclic) bond motifs is 2. The Morgan fingerprint density at radius 1 is 1.28 bits per heavy atom. The number of hydrogen-bond donors (Lipinski definition) is 1. The van der Waals surface area contributed by atoms with E-state index in [-0.39, 0.29) is 5.92 Å². The second-order valence-electron chi connectivity index (χ2n) is 6.11. The maximum absolute atomic E-state index is 12.7. The van der Waals surface area contributed by atoms with Crippen molar-refractivity contribution in [2.24, 2.45) is 11.7 Å². The maximum atomic E-state index is 12.7. The molecule has 2 aliphatic rings. The van der Waals surface area contributed by atoms with Crippen molar-refractivity contribution in [1.29, 1.82) is 0 Å². The first-order valence-electron chi connectivity index (χ1n) is 7.75. The SMILES string of the molecule is CCCCC(CC)C(=O)N1C2CCC1CC(N)C2. The van der Waals surface area contributed by atoms with E-state index in [0.29, 0.717) is 24.0 Å². The molecule has 0 saturated carbocycles. The number of unbranched alkanes of at least 4 members (excludes halogenated alkanes) is 1. The standard InChI is InChI=1S/C15H28N2O/c1-3-5-6-11(4-2)15(18)17-13-7-8-14(17)10-12(16)9-13/h11-14H,3-10,16H2,1-2H3. The second kappa shape index (κ2) is 6.05. The summed E-state index contributed by atoms with van der Waals surface area (Å²) in [7, 11) is 0. The summed E-state index contributed by atoms with van der Waals surface area (Å²) in [6, 6.07) is 1.21. The highest BCUT2D eigenvalue weighted by molar-refractivity contribution is 5.80. The molecular formula is C15H28N2O. The summed E-state index contributed by atoms with van der Waals surface area (Å²) in [4.78, 5) is 14.9. The summed E-state index contributed by atoms with van der Waals surface area (Å²) in [6.45, 7) is 4.34. The summed E-state index contributed by atoms with van der Waals surface area (Å²) in [6.07, 6.45) is 8.80. The van der Waals surface area contributed by atoms with Gasteiger partial charge in [0, 0.05) is 24.0 Å². The van der Waals surface area contributed by atoms with Crippen molar-refractivity contribution >= 4 is 5.91 Å². The van der Waals surface area contributed by atoms with Crippen LogP contribution in [0.1, 0.15) is 65.2 Å². The Hall–Kier alpha value is -0.570. The number of carbonyl (C=O) groups excluding carboxylic acids is 1. The molecule has 2 rings (SSSR count). The van der Waals surface area contributed by atoms with Crippen LogP contribution in [0, 0.1) is 5.92 Å². The molecule has 2 bridgehead atoms.